The zero-order chi connectivity index (χ0) is 28.0. The summed E-state index contributed by atoms with van der Waals surface area (Å²) in [4.78, 5) is 38.7. The Morgan fingerprint density at radius 2 is 1.72 bits per heavy atom. The van der Waals surface area contributed by atoms with Gasteiger partial charge in [-0.1, -0.05) is 18.9 Å². The zero-order valence-electron chi connectivity index (χ0n) is 21.5. The molecule has 0 aromatic heterocycles. The first-order valence-corrected chi connectivity index (χ1v) is 13.6. The highest BCUT2D eigenvalue weighted by Crippen LogP contribution is 2.43. The molecule has 12 heteroatoms. The highest BCUT2D eigenvalue weighted by atomic mass is 19.4. The fraction of sp³-hybridized carbons (Fsp3) is 0.667. The van der Waals surface area contributed by atoms with Crippen LogP contribution in [0, 0.1) is 5.92 Å². The molecule has 1 saturated heterocycles. The molecule has 1 atom stereocenters. The van der Waals surface area contributed by atoms with Crippen LogP contribution in [-0.2, 0) is 16.1 Å². The van der Waals surface area contributed by atoms with Gasteiger partial charge in [0.2, 0.25) is 11.8 Å². The van der Waals surface area contributed by atoms with Crippen LogP contribution >= 0.6 is 0 Å². The predicted octanol–water partition coefficient (Wildman–Crippen LogP) is 4.52. The van der Waals surface area contributed by atoms with Gasteiger partial charge in [-0.2, -0.15) is 22.0 Å². The van der Waals surface area contributed by atoms with E-state index in [0.29, 0.717) is 37.2 Å². The molecule has 2 saturated carbocycles. The highest BCUT2D eigenvalue weighted by molar-refractivity contribution is 6.06. The third-order valence-electron chi connectivity index (χ3n) is 8.68. The van der Waals surface area contributed by atoms with Crippen LogP contribution in [0.2, 0.25) is 0 Å². The second-order valence-electron chi connectivity index (χ2n) is 11.5. The van der Waals surface area contributed by atoms with Crippen molar-refractivity contribution in [3.63, 3.8) is 0 Å². The standard InChI is InChI=1S/C27H33F5N4O3/c28-26(29,27(30,31)32)15-33-17-9-12-25(13-10-17,11-8-16-4-5-16)35-20-3-1-2-18-19(20)14-36(24(18)39)21-6-7-22(37)34-23(21)38/h1-3,16-17,21,33,35H,4-15H2,(H,34,37,38). The number of carbonyl (C=O) groups is 3. The van der Waals surface area contributed by atoms with E-state index < -0.39 is 36.6 Å². The lowest BCUT2D eigenvalue weighted by Crippen LogP contribution is -2.52. The number of hydrogen-bond acceptors (Lipinski definition) is 5. The van der Waals surface area contributed by atoms with Crippen LogP contribution in [0.5, 0.6) is 0 Å². The lowest BCUT2D eigenvalue weighted by atomic mass is 9.75. The van der Waals surface area contributed by atoms with Crippen LogP contribution in [0.4, 0.5) is 27.6 Å². The summed E-state index contributed by atoms with van der Waals surface area (Å²) in [6.45, 7) is -1.22. The normalized spacial score (nSPS) is 27.9. The van der Waals surface area contributed by atoms with E-state index in [9.17, 15) is 36.3 Å². The molecule has 4 aliphatic rings. The van der Waals surface area contributed by atoms with Crippen LogP contribution in [-0.4, -0.2) is 58.9 Å². The Balaban J connectivity index is 1.29. The Labute approximate surface area is 223 Å². The maximum absolute atomic E-state index is 13.4. The van der Waals surface area contributed by atoms with Crippen molar-refractivity contribution in [3.8, 4) is 0 Å². The number of benzene rings is 1. The van der Waals surface area contributed by atoms with Crippen LogP contribution in [0.25, 0.3) is 0 Å². The van der Waals surface area contributed by atoms with Crippen molar-refractivity contribution in [2.24, 2.45) is 5.92 Å². The summed E-state index contributed by atoms with van der Waals surface area (Å²) in [5.74, 6) is -5.24. The van der Waals surface area contributed by atoms with Gasteiger partial charge in [-0.3, -0.25) is 19.7 Å². The second kappa shape index (κ2) is 10.3. The smallest absolute Gasteiger partial charge is 0.379 e. The van der Waals surface area contributed by atoms with Crippen molar-refractivity contribution in [2.45, 2.75) is 100 Å². The number of nitrogens with zero attached hydrogens (tertiary/aromatic N) is 1. The van der Waals surface area contributed by atoms with Crippen LogP contribution in [0.15, 0.2) is 18.2 Å². The number of hydrogen-bond donors (Lipinski definition) is 3. The second-order valence-corrected chi connectivity index (χ2v) is 11.5. The Morgan fingerprint density at radius 1 is 1.00 bits per heavy atom. The van der Waals surface area contributed by atoms with E-state index >= 15 is 0 Å². The van der Waals surface area contributed by atoms with Crippen LogP contribution in [0.3, 0.4) is 0 Å². The molecule has 0 radical (unpaired) electrons. The van der Waals surface area contributed by atoms with E-state index in [4.69, 9.17) is 0 Å². The molecule has 39 heavy (non-hydrogen) atoms. The van der Waals surface area contributed by atoms with E-state index in [1.165, 1.54) is 17.7 Å². The first-order valence-electron chi connectivity index (χ1n) is 13.6. The predicted molar refractivity (Wildman–Crippen MR) is 132 cm³/mol. The first kappa shape index (κ1) is 27.8. The minimum atomic E-state index is -5.59. The van der Waals surface area contributed by atoms with E-state index in [1.54, 1.807) is 12.1 Å². The molecule has 3 fully saturated rings. The van der Waals surface area contributed by atoms with Crippen molar-refractivity contribution in [1.82, 2.24) is 15.5 Å². The maximum atomic E-state index is 13.4. The fourth-order valence-electron chi connectivity index (χ4n) is 6.06. The number of carbonyl (C=O) groups excluding carboxylic acids is 3. The minimum absolute atomic E-state index is 0.163. The number of alkyl halides is 5. The molecule has 3 amide bonds. The SMILES string of the molecule is O=C1CCC(N2Cc3c(NC4(CCC5CC5)CCC(NCC(F)(F)C(F)(F)F)CC4)cccc3C2=O)C(=O)N1. The molecule has 0 spiro atoms. The lowest BCUT2D eigenvalue weighted by Gasteiger charge is -2.43. The van der Waals surface area contributed by atoms with E-state index in [2.05, 4.69) is 16.0 Å². The molecule has 1 aromatic carbocycles. The summed E-state index contributed by atoms with van der Waals surface area (Å²) in [5.41, 5.74) is 1.64. The maximum Gasteiger partial charge on any atom is 0.454 e. The van der Waals surface area contributed by atoms with Gasteiger partial charge in [-0.15, -0.1) is 0 Å². The monoisotopic (exact) mass is 556 g/mol. The van der Waals surface area contributed by atoms with E-state index in [-0.39, 0.29) is 36.7 Å². The third-order valence-corrected chi connectivity index (χ3v) is 8.68. The van der Waals surface area contributed by atoms with Crippen LogP contribution in [0.1, 0.15) is 80.1 Å². The molecule has 2 heterocycles. The molecule has 214 valence electrons. The number of anilines is 1. The van der Waals surface area contributed by atoms with Gasteiger partial charge in [0.15, 0.2) is 0 Å². The summed E-state index contributed by atoms with van der Waals surface area (Å²) in [6, 6.07) is 4.20. The summed E-state index contributed by atoms with van der Waals surface area (Å²) in [7, 11) is 0. The van der Waals surface area contributed by atoms with Crippen molar-refractivity contribution in [1.29, 1.82) is 0 Å². The molecule has 2 aliphatic heterocycles. The number of rotatable bonds is 9. The summed E-state index contributed by atoms with van der Waals surface area (Å²) >= 11 is 0. The third kappa shape index (κ3) is 5.90. The number of amides is 3. The Bertz CT molecular complexity index is 1130. The Kier molecular flexibility index (Phi) is 7.36. The lowest BCUT2D eigenvalue weighted by molar-refractivity contribution is -0.279. The molecule has 3 N–H and O–H groups in total. The average Bonchev–Trinajstić information content (AvgIpc) is 3.65. The molecule has 5 rings (SSSR count). The summed E-state index contributed by atoms with van der Waals surface area (Å²) < 4.78 is 64.7. The quantitative estimate of drug-likeness (QED) is 0.308. The van der Waals surface area contributed by atoms with Crippen molar-refractivity contribution in [2.75, 3.05) is 11.9 Å². The Hall–Kier alpha value is -2.76. The number of piperidine rings is 1. The van der Waals surface area contributed by atoms with Crippen molar-refractivity contribution in [3.05, 3.63) is 29.3 Å². The fourth-order valence-corrected chi connectivity index (χ4v) is 6.06. The topological polar surface area (TPSA) is 90.5 Å². The zero-order valence-corrected chi connectivity index (χ0v) is 21.5. The van der Waals surface area contributed by atoms with Gasteiger partial charge in [0, 0.05) is 41.4 Å². The largest absolute Gasteiger partial charge is 0.454 e. The number of halogens is 5. The van der Waals surface area contributed by atoms with Crippen molar-refractivity contribution < 1.29 is 36.3 Å². The van der Waals surface area contributed by atoms with Gasteiger partial charge >= 0.3 is 12.1 Å². The highest BCUT2D eigenvalue weighted by Gasteiger charge is 2.57. The van der Waals surface area contributed by atoms with Crippen LogP contribution < -0.4 is 16.0 Å². The van der Waals surface area contributed by atoms with Gasteiger partial charge in [-0.25, -0.2) is 0 Å². The number of nitrogens with one attached hydrogen (secondary N) is 3. The number of fused-ring (bicyclic) bond motifs is 1. The molecule has 7 nitrogen and oxygen atoms in total. The van der Waals surface area contributed by atoms with E-state index in [0.717, 1.165) is 24.1 Å². The van der Waals surface area contributed by atoms with Gasteiger partial charge < -0.3 is 15.5 Å². The van der Waals surface area contributed by atoms with Gasteiger partial charge in [0.1, 0.15) is 6.04 Å². The summed E-state index contributed by atoms with van der Waals surface area (Å²) in [6.07, 6.45) is 1.07. The van der Waals surface area contributed by atoms with Gasteiger partial charge in [0.25, 0.3) is 5.91 Å². The number of imide groups is 1. The molecular weight excluding hydrogens is 523 g/mol. The molecule has 1 aromatic rings. The minimum Gasteiger partial charge on any atom is -0.379 e. The average molecular weight is 557 g/mol. The van der Waals surface area contributed by atoms with Crippen molar-refractivity contribution >= 4 is 23.4 Å². The molecule has 1 unspecified atom stereocenters. The summed E-state index contributed by atoms with van der Waals surface area (Å²) in [5, 5.41) is 8.40. The molecular formula is C27H33F5N4O3. The first-order chi connectivity index (χ1) is 18.4. The van der Waals surface area contributed by atoms with Gasteiger partial charge in [0.05, 0.1) is 6.54 Å². The molecule has 2 aliphatic carbocycles. The van der Waals surface area contributed by atoms with E-state index in [1.807, 2.05) is 6.07 Å². The Morgan fingerprint density at radius 3 is 2.36 bits per heavy atom. The molecule has 0 bridgehead atoms. The van der Waals surface area contributed by atoms with Gasteiger partial charge in [-0.05, 0) is 63.0 Å².